The van der Waals surface area contributed by atoms with E-state index in [-0.39, 0.29) is 0 Å². The van der Waals surface area contributed by atoms with Crippen LogP contribution in [0.1, 0.15) is 13.3 Å². The van der Waals surface area contributed by atoms with Gasteiger partial charge in [-0.2, -0.15) is 0 Å². The van der Waals surface area contributed by atoms with E-state index in [4.69, 9.17) is 11.6 Å². The van der Waals surface area contributed by atoms with Gasteiger partial charge < -0.3 is 4.90 Å². The number of nitrogens with zero attached hydrogens (tertiary/aromatic N) is 1. The third-order valence-electron chi connectivity index (χ3n) is 3.31. The van der Waals surface area contributed by atoms with Crippen LogP contribution in [-0.2, 0) is 0 Å². The summed E-state index contributed by atoms with van der Waals surface area (Å²) in [5.74, 6) is 3.94. The molecule has 0 N–H and O–H groups in total. The lowest BCUT2D eigenvalue weighted by molar-refractivity contribution is 0.290. The number of likely N-dealkylation sites (tertiary alicyclic amines) is 1. The van der Waals surface area contributed by atoms with Gasteiger partial charge in [-0.3, -0.25) is 0 Å². The standard InChI is InChI=1S/C9H16ClN/c1-7-8-5-11(4-2-3-10)6-9(7)8/h7-9H,2-6H2,1H3. The van der Waals surface area contributed by atoms with Gasteiger partial charge in [0.2, 0.25) is 0 Å². The highest BCUT2D eigenvalue weighted by Crippen LogP contribution is 2.50. The first-order chi connectivity index (χ1) is 5.33. The Morgan fingerprint density at radius 3 is 2.55 bits per heavy atom. The molecule has 1 heterocycles. The molecule has 2 rings (SSSR count). The summed E-state index contributed by atoms with van der Waals surface area (Å²) in [6, 6.07) is 0. The zero-order chi connectivity index (χ0) is 7.84. The van der Waals surface area contributed by atoms with E-state index in [1.54, 1.807) is 0 Å². The summed E-state index contributed by atoms with van der Waals surface area (Å²) in [7, 11) is 0. The lowest BCUT2D eigenvalue weighted by atomic mass is 10.3. The molecule has 2 heteroatoms. The van der Waals surface area contributed by atoms with Crippen molar-refractivity contribution in [3.05, 3.63) is 0 Å². The Kier molecular flexibility index (Phi) is 2.11. The summed E-state index contributed by atoms with van der Waals surface area (Å²) in [6.07, 6.45) is 1.16. The van der Waals surface area contributed by atoms with E-state index in [1.807, 2.05) is 0 Å². The van der Waals surface area contributed by atoms with Crippen molar-refractivity contribution in [2.24, 2.45) is 17.8 Å². The number of halogens is 1. The highest BCUT2D eigenvalue weighted by Gasteiger charge is 2.52. The molecule has 1 aliphatic carbocycles. The van der Waals surface area contributed by atoms with E-state index < -0.39 is 0 Å². The molecule has 2 atom stereocenters. The fraction of sp³-hybridized carbons (Fsp3) is 1.00. The maximum atomic E-state index is 5.63. The van der Waals surface area contributed by atoms with Gasteiger partial charge in [-0.05, 0) is 30.7 Å². The number of alkyl halides is 1. The molecule has 1 nitrogen and oxygen atoms in total. The zero-order valence-electron chi connectivity index (χ0n) is 7.09. The van der Waals surface area contributed by atoms with Gasteiger partial charge >= 0.3 is 0 Å². The molecule has 0 aromatic heterocycles. The lowest BCUT2D eigenvalue weighted by Gasteiger charge is -2.17. The van der Waals surface area contributed by atoms with Crippen LogP contribution in [0.4, 0.5) is 0 Å². The van der Waals surface area contributed by atoms with E-state index in [0.717, 1.165) is 30.1 Å². The molecule has 2 unspecified atom stereocenters. The average Bonchev–Trinajstić information content (AvgIpc) is 2.54. The quantitative estimate of drug-likeness (QED) is 0.589. The van der Waals surface area contributed by atoms with Gasteiger partial charge in [-0.25, -0.2) is 0 Å². The van der Waals surface area contributed by atoms with Crippen molar-refractivity contribution < 1.29 is 0 Å². The molecule has 0 aromatic carbocycles. The predicted molar refractivity (Wildman–Crippen MR) is 47.9 cm³/mol. The van der Waals surface area contributed by atoms with Crippen LogP contribution in [0.15, 0.2) is 0 Å². The molecule has 1 saturated carbocycles. The summed E-state index contributed by atoms with van der Waals surface area (Å²) in [4.78, 5) is 2.57. The van der Waals surface area contributed by atoms with Crippen molar-refractivity contribution in [2.75, 3.05) is 25.5 Å². The molecule has 64 valence electrons. The fourth-order valence-corrected chi connectivity index (χ4v) is 2.50. The minimum atomic E-state index is 0.821. The summed E-state index contributed by atoms with van der Waals surface area (Å²) < 4.78 is 0. The Balaban J connectivity index is 1.69. The second-order valence-electron chi connectivity index (χ2n) is 3.99. The van der Waals surface area contributed by atoms with Crippen LogP contribution in [-0.4, -0.2) is 30.4 Å². The van der Waals surface area contributed by atoms with Crippen LogP contribution in [0.5, 0.6) is 0 Å². The molecule has 0 spiro atoms. The van der Waals surface area contributed by atoms with Gasteiger partial charge in [0.25, 0.3) is 0 Å². The van der Waals surface area contributed by atoms with E-state index in [9.17, 15) is 0 Å². The van der Waals surface area contributed by atoms with E-state index in [0.29, 0.717) is 0 Å². The van der Waals surface area contributed by atoms with Crippen LogP contribution in [0, 0.1) is 17.8 Å². The Hall–Kier alpha value is 0.250. The smallest absolute Gasteiger partial charge is 0.0235 e. The minimum Gasteiger partial charge on any atom is -0.303 e. The molecule has 1 saturated heterocycles. The zero-order valence-corrected chi connectivity index (χ0v) is 7.85. The highest BCUT2D eigenvalue weighted by molar-refractivity contribution is 6.17. The summed E-state index contributed by atoms with van der Waals surface area (Å²) in [5, 5.41) is 0. The maximum absolute atomic E-state index is 5.63. The molecule has 0 amide bonds. The lowest BCUT2D eigenvalue weighted by Crippen LogP contribution is -2.25. The predicted octanol–water partition coefficient (Wildman–Crippen LogP) is 1.81. The Labute approximate surface area is 73.7 Å². The van der Waals surface area contributed by atoms with Crippen molar-refractivity contribution in [3.8, 4) is 0 Å². The van der Waals surface area contributed by atoms with Crippen molar-refractivity contribution in [2.45, 2.75) is 13.3 Å². The molecular formula is C9H16ClN. The van der Waals surface area contributed by atoms with Gasteiger partial charge in [0.05, 0.1) is 0 Å². The van der Waals surface area contributed by atoms with Gasteiger partial charge in [0.1, 0.15) is 0 Å². The molecule has 2 aliphatic rings. The van der Waals surface area contributed by atoms with Crippen LogP contribution < -0.4 is 0 Å². The normalized spacial score (nSPS) is 42.5. The van der Waals surface area contributed by atoms with Crippen molar-refractivity contribution in [1.29, 1.82) is 0 Å². The molecule has 11 heavy (non-hydrogen) atoms. The number of fused-ring (bicyclic) bond motifs is 1. The third-order valence-corrected chi connectivity index (χ3v) is 3.57. The average molecular weight is 174 g/mol. The number of hydrogen-bond donors (Lipinski definition) is 0. The van der Waals surface area contributed by atoms with Crippen molar-refractivity contribution in [3.63, 3.8) is 0 Å². The van der Waals surface area contributed by atoms with Gasteiger partial charge in [-0.1, -0.05) is 6.92 Å². The Bertz CT molecular complexity index is 136. The minimum absolute atomic E-state index is 0.821. The molecule has 0 bridgehead atoms. The Morgan fingerprint density at radius 1 is 1.36 bits per heavy atom. The highest BCUT2D eigenvalue weighted by atomic mass is 35.5. The van der Waals surface area contributed by atoms with Gasteiger partial charge in [0, 0.05) is 19.0 Å². The largest absolute Gasteiger partial charge is 0.303 e. The van der Waals surface area contributed by atoms with Gasteiger partial charge in [-0.15, -0.1) is 11.6 Å². The van der Waals surface area contributed by atoms with Crippen LogP contribution >= 0.6 is 11.6 Å². The molecule has 2 fully saturated rings. The second-order valence-corrected chi connectivity index (χ2v) is 4.37. The fourth-order valence-electron chi connectivity index (χ4n) is 2.38. The number of piperidine rings is 1. The first kappa shape index (κ1) is 7.88. The van der Waals surface area contributed by atoms with E-state index in [2.05, 4.69) is 11.8 Å². The molecule has 1 aliphatic heterocycles. The topological polar surface area (TPSA) is 3.24 Å². The monoisotopic (exact) mass is 173 g/mol. The van der Waals surface area contributed by atoms with Crippen molar-refractivity contribution >= 4 is 11.6 Å². The Morgan fingerprint density at radius 2 is 2.00 bits per heavy atom. The number of rotatable bonds is 3. The van der Waals surface area contributed by atoms with Crippen LogP contribution in [0.2, 0.25) is 0 Å². The summed E-state index contributed by atoms with van der Waals surface area (Å²) >= 11 is 5.63. The first-order valence-corrected chi connectivity index (χ1v) is 5.14. The van der Waals surface area contributed by atoms with E-state index >= 15 is 0 Å². The maximum Gasteiger partial charge on any atom is 0.0235 e. The SMILES string of the molecule is CC1C2CN(CCCCl)CC12. The summed E-state index contributed by atoms with van der Waals surface area (Å²) in [5.41, 5.74) is 0. The summed E-state index contributed by atoms with van der Waals surface area (Å²) in [6.45, 7) is 6.31. The van der Waals surface area contributed by atoms with Crippen LogP contribution in [0.3, 0.4) is 0 Å². The first-order valence-electron chi connectivity index (χ1n) is 4.61. The third kappa shape index (κ3) is 1.41. The molecule has 0 aromatic rings. The van der Waals surface area contributed by atoms with Gasteiger partial charge in [0.15, 0.2) is 0 Å². The van der Waals surface area contributed by atoms with E-state index in [1.165, 1.54) is 19.6 Å². The van der Waals surface area contributed by atoms with Crippen molar-refractivity contribution in [1.82, 2.24) is 4.90 Å². The molecule has 0 radical (unpaired) electrons. The second kappa shape index (κ2) is 2.95. The van der Waals surface area contributed by atoms with Crippen LogP contribution in [0.25, 0.3) is 0 Å². The molecular weight excluding hydrogens is 158 g/mol. The number of hydrogen-bond acceptors (Lipinski definition) is 1.